The van der Waals surface area contributed by atoms with Gasteiger partial charge in [-0.05, 0) is 0 Å². The van der Waals surface area contributed by atoms with E-state index in [1.807, 2.05) is 0 Å². The number of aliphatic hydroxyl groups excluding tert-OH is 4. The number of H-pyrrole nitrogens is 1. The van der Waals surface area contributed by atoms with Crippen molar-refractivity contribution in [1.29, 1.82) is 0 Å². The van der Waals surface area contributed by atoms with Crippen LogP contribution < -0.4 is 10.9 Å². The zero-order valence-electron chi connectivity index (χ0n) is 13.1. The van der Waals surface area contributed by atoms with Crippen LogP contribution in [0.1, 0.15) is 6.23 Å². The summed E-state index contributed by atoms with van der Waals surface area (Å²) in [5, 5.41) is 41.2. The van der Waals surface area contributed by atoms with E-state index >= 15 is 0 Å². The first-order chi connectivity index (χ1) is 12.0. The molecule has 2 aromatic heterocycles. The molecular formula is C14H19N5O6. The number of imidazole rings is 1. The number of aliphatic hydroxyl groups is 4. The third-order valence-corrected chi connectivity index (χ3v) is 4.03. The number of aromatic amines is 1. The Morgan fingerprint density at radius 1 is 1.44 bits per heavy atom. The summed E-state index contributed by atoms with van der Waals surface area (Å²) < 4.78 is 6.74. The summed E-state index contributed by atoms with van der Waals surface area (Å²) in [5.41, 5.74) is -0.400. The zero-order valence-corrected chi connectivity index (χ0v) is 13.1. The molecular weight excluding hydrogens is 334 g/mol. The van der Waals surface area contributed by atoms with E-state index in [2.05, 4.69) is 26.8 Å². The standard InChI is InChI=1S/C14H19N5O6/c1-2-6(3-20)16-14-17-11-8(12(24)18-14)15-5-19(11)13-10(23)9(22)7(4-21)25-13/h2,5-7,9-10,13,20-23H,1,3-4H2,(H2,16,17,18,24)/t6?,7-,9-,10-,13-/m1/s1. The quantitative estimate of drug-likeness (QED) is 0.313. The predicted octanol–water partition coefficient (Wildman–Crippen LogP) is -2.31. The zero-order chi connectivity index (χ0) is 18.1. The Morgan fingerprint density at radius 2 is 2.20 bits per heavy atom. The highest BCUT2D eigenvalue weighted by Crippen LogP contribution is 2.30. The minimum Gasteiger partial charge on any atom is -0.394 e. The van der Waals surface area contributed by atoms with E-state index in [1.165, 1.54) is 17.0 Å². The van der Waals surface area contributed by atoms with Crippen molar-refractivity contribution in [3.63, 3.8) is 0 Å². The van der Waals surface area contributed by atoms with Crippen LogP contribution in [0.4, 0.5) is 5.95 Å². The topological polar surface area (TPSA) is 166 Å². The molecule has 5 atom stereocenters. The van der Waals surface area contributed by atoms with Crippen molar-refractivity contribution >= 4 is 17.1 Å². The van der Waals surface area contributed by atoms with E-state index in [1.54, 1.807) is 0 Å². The van der Waals surface area contributed by atoms with Gasteiger partial charge < -0.3 is 30.5 Å². The van der Waals surface area contributed by atoms with E-state index in [0.29, 0.717) is 0 Å². The molecule has 1 fully saturated rings. The highest BCUT2D eigenvalue weighted by Gasteiger charge is 2.44. The van der Waals surface area contributed by atoms with Gasteiger partial charge in [0.2, 0.25) is 5.95 Å². The lowest BCUT2D eigenvalue weighted by atomic mass is 10.1. The van der Waals surface area contributed by atoms with Gasteiger partial charge in [-0.3, -0.25) is 14.3 Å². The number of fused-ring (bicyclic) bond motifs is 1. The van der Waals surface area contributed by atoms with Crippen molar-refractivity contribution in [2.24, 2.45) is 0 Å². The van der Waals surface area contributed by atoms with Crippen LogP contribution in [0.25, 0.3) is 11.2 Å². The molecule has 1 unspecified atom stereocenters. The molecule has 0 aromatic carbocycles. The normalized spacial score (nSPS) is 27.5. The molecule has 25 heavy (non-hydrogen) atoms. The van der Waals surface area contributed by atoms with Gasteiger partial charge in [0.25, 0.3) is 5.56 Å². The molecule has 136 valence electrons. The number of nitrogens with zero attached hydrogens (tertiary/aromatic N) is 3. The molecule has 0 spiro atoms. The van der Waals surface area contributed by atoms with Gasteiger partial charge in [0, 0.05) is 0 Å². The van der Waals surface area contributed by atoms with Crippen LogP contribution in [0.3, 0.4) is 0 Å². The lowest BCUT2D eigenvalue weighted by Gasteiger charge is -2.17. The molecule has 3 rings (SSSR count). The third kappa shape index (κ3) is 3.03. The fraction of sp³-hybridized carbons (Fsp3) is 0.500. The Balaban J connectivity index is 2.01. The van der Waals surface area contributed by atoms with Crippen LogP contribution in [-0.4, -0.2) is 77.5 Å². The molecule has 3 heterocycles. The predicted molar refractivity (Wildman–Crippen MR) is 85.9 cm³/mol. The van der Waals surface area contributed by atoms with Crippen LogP contribution in [0, 0.1) is 0 Å². The van der Waals surface area contributed by atoms with Crippen LogP contribution >= 0.6 is 0 Å². The minimum atomic E-state index is -1.33. The van der Waals surface area contributed by atoms with Gasteiger partial charge in [-0.1, -0.05) is 6.08 Å². The van der Waals surface area contributed by atoms with Crippen molar-refractivity contribution < 1.29 is 25.2 Å². The summed E-state index contributed by atoms with van der Waals surface area (Å²) in [6.45, 7) is 2.83. The van der Waals surface area contributed by atoms with E-state index in [-0.39, 0.29) is 23.7 Å². The van der Waals surface area contributed by atoms with Crippen LogP contribution in [0.5, 0.6) is 0 Å². The molecule has 0 saturated carbocycles. The molecule has 11 nitrogen and oxygen atoms in total. The summed E-state index contributed by atoms with van der Waals surface area (Å²) in [6, 6.07) is -0.522. The van der Waals surface area contributed by atoms with E-state index in [0.717, 1.165) is 0 Å². The number of ether oxygens (including phenoxy) is 1. The molecule has 11 heteroatoms. The molecule has 2 aromatic rings. The van der Waals surface area contributed by atoms with Gasteiger partial charge in [0.15, 0.2) is 17.4 Å². The van der Waals surface area contributed by atoms with Gasteiger partial charge in [-0.15, -0.1) is 6.58 Å². The maximum atomic E-state index is 12.2. The van der Waals surface area contributed by atoms with Crippen molar-refractivity contribution in [3.05, 3.63) is 29.3 Å². The summed E-state index contributed by atoms with van der Waals surface area (Å²) in [5.74, 6) is 0.0740. The van der Waals surface area contributed by atoms with Gasteiger partial charge in [-0.25, -0.2) is 4.98 Å². The Bertz CT molecular complexity index is 820. The second-order valence-corrected chi connectivity index (χ2v) is 5.64. The number of nitrogens with one attached hydrogen (secondary N) is 2. The number of aromatic nitrogens is 4. The number of anilines is 1. The summed E-state index contributed by atoms with van der Waals surface area (Å²) in [6.07, 6.45) is -1.93. The summed E-state index contributed by atoms with van der Waals surface area (Å²) in [4.78, 5) is 22.8. The lowest BCUT2D eigenvalue weighted by molar-refractivity contribution is -0.0511. The van der Waals surface area contributed by atoms with Crippen LogP contribution in [0.15, 0.2) is 23.8 Å². The van der Waals surface area contributed by atoms with E-state index < -0.39 is 42.7 Å². The minimum absolute atomic E-state index is 0.0161. The van der Waals surface area contributed by atoms with Crippen LogP contribution in [0.2, 0.25) is 0 Å². The van der Waals surface area contributed by atoms with Crippen molar-refractivity contribution in [3.8, 4) is 0 Å². The summed E-state index contributed by atoms with van der Waals surface area (Å²) >= 11 is 0. The molecule has 0 bridgehead atoms. The Hall–Kier alpha value is -2.31. The van der Waals surface area contributed by atoms with E-state index in [4.69, 9.17) is 4.74 Å². The van der Waals surface area contributed by atoms with Gasteiger partial charge in [0.1, 0.15) is 18.3 Å². The molecule has 0 amide bonds. The maximum Gasteiger partial charge on any atom is 0.280 e. The maximum absolute atomic E-state index is 12.2. The second-order valence-electron chi connectivity index (χ2n) is 5.64. The SMILES string of the molecule is C=CC(CO)Nc1nc2c(ncn2[C@@H]2O[C@H](CO)[C@@H](O)[C@H]2O)c(=O)[nH]1. The largest absolute Gasteiger partial charge is 0.394 e. The highest BCUT2D eigenvalue weighted by molar-refractivity contribution is 5.71. The van der Waals surface area contributed by atoms with E-state index in [9.17, 15) is 25.2 Å². The molecule has 1 saturated heterocycles. The fourth-order valence-corrected chi connectivity index (χ4v) is 2.65. The number of hydrogen-bond acceptors (Lipinski definition) is 9. The third-order valence-electron chi connectivity index (χ3n) is 4.03. The van der Waals surface area contributed by atoms with Gasteiger partial charge >= 0.3 is 0 Å². The van der Waals surface area contributed by atoms with Crippen molar-refractivity contribution in [1.82, 2.24) is 19.5 Å². The molecule has 1 aliphatic rings. The number of hydrogen-bond donors (Lipinski definition) is 6. The molecule has 6 N–H and O–H groups in total. The average molecular weight is 353 g/mol. The summed E-state index contributed by atoms with van der Waals surface area (Å²) in [7, 11) is 0. The first-order valence-corrected chi connectivity index (χ1v) is 7.59. The second kappa shape index (κ2) is 6.90. The van der Waals surface area contributed by atoms with Crippen molar-refractivity contribution in [2.75, 3.05) is 18.5 Å². The smallest absolute Gasteiger partial charge is 0.280 e. The monoisotopic (exact) mass is 353 g/mol. The van der Waals surface area contributed by atoms with Gasteiger partial charge in [-0.2, -0.15) is 4.98 Å². The van der Waals surface area contributed by atoms with Crippen LogP contribution in [-0.2, 0) is 4.74 Å². The average Bonchev–Trinajstić information content (AvgIpc) is 3.15. The Morgan fingerprint density at radius 3 is 2.80 bits per heavy atom. The Kier molecular flexibility index (Phi) is 4.83. The molecule has 0 aliphatic carbocycles. The highest BCUT2D eigenvalue weighted by atomic mass is 16.6. The Labute approximate surface area is 141 Å². The fourth-order valence-electron chi connectivity index (χ4n) is 2.65. The number of rotatable bonds is 6. The molecule has 0 radical (unpaired) electrons. The first kappa shape index (κ1) is 17.5. The first-order valence-electron chi connectivity index (χ1n) is 7.59. The molecule has 1 aliphatic heterocycles. The van der Waals surface area contributed by atoms with Gasteiger partial charge in [0.05, 0.1) is 25.6 Å². The lowest BCUT2D eigenvalue weighted by Crippen LogP contribution is -2.33. The van der Waals surface area contributed by atoms with Crippen molar-refractivity contribution in [2.45, 2.75) is 30.6 Å².